The zero-order valence-corrected chi connectivity index (χ0v) is 17.4. The summed E-state index contributed by atoms with van der Waals surface area (Å²) in [5, 5.41) is 0. The Morgan fingerprint density at radius 3 is 2.32 bits per heavy atom. The lowest BCUT2D eigenvalue weighted by Gasteiger charge is -2.32. The summed E-state index contributed by atoms with van der Waals surface area (Å²) in [7, 11) is -4.79. The Hall–Kier alpha value is -1.97. The fraction of sp³-hybridized carbons (Fsp3) is 0.421. The van der Waals surface area contributed by atoms with Gasteiger partial charge < -0.3 is 9.31 Å². The largest absolute Gasteiger partial charge is 0.496 e. The molecular formula is C19H24BFN2O4S. The average Bonchev–Trinajstić information content (AvgIpc) is 2.82. The summed E-state index contributed by atoms with van der Waals surface area (Å²) < 4.78 is 53.9. The fourth-order valence-corrected chi connectivity index (χ4v) is 4.01. The van der Waals surface area contributed by atoms with E-state index in [9.17, 15) is 12.8 Å². The van der Waals surface area contributed by atoms with Gasteiger partial charge in [0.05, 0.1) is 22.6 Å². The first kappa shape index (κ1) is 20.8. The molecule has 1 saturated heterocycles. The number of sulfonamides is 1. The van der Waals surface area contributed by atoms with Crippen LogP contribution in [-0.2, 0) is 25.8 Å². The Morgan fingerprint density at radius 1 is 1.14 bits per heavy atom. The van der Waals surface area contributed by atoms with Crippen molar-refractivity contribution in [3.63, 3.8) is 0 Å². The predicted octanol–water partition coefficient (Wildman–Crippen LogP) is 2.88. The summed E-state index contributed by atoms with van der Waals surface area (Å²) in [4.78, 5) is 3.94. The first-order chi connectivity index (χ1) is 13.0. The first-order valence-corrected chi connectivity index (χ1v) is 10.6. The molecule has 1 aromatic carbocycles. The van der Waals surface area contributed by atoms with E-state index < -0.39 is 39.1 Å². The number of hydrogen-bond acceptors (Lipinski definition) is 5. The second-order valence-corrected chi connectivity index (χ2v) is 9.39. The average molecular weight is 406 g/mol. The maximum absolute atomic E-state index is 14.0. The molecule has 1 aromatic heterocycles. The van der Waals surface area contributed by atoms with Crippen LogP contribution in [0.5, 0.6) is 0 Å². The topological polar surface area (TPSA) is 77.5 Å². The van der Waals surface area contributed by atoms with E-state index in [0.29, 0.717) is 17.6 Å². The SMILES string of the molecule is CCc1ncc(B2OC(C)(C)C(C)(C)O2)cc1NS(=O)(=O)c1ccccc1F. The van der Waals surface area contributed by atoms with E-state index in [2.05, 4.69) is 9.71 Å². The molecule has 1 fully saturated rings. The number of aryl methyl sites for hydroxylation is 1. The molecule has 1 aliphatic heterocycles. The molecular weight excluding hydrogens is 382 g/mol. The monoisotopic (exact) mass is 406 g/mol. The molecule has 0 amide bonds. The van der Waals surface area contributed by atoms with Gasteiger partial charge in [-0.15, -0.1) is 0 Å². The van der Waals surface area contributed by atoms with Crippen LogP contribution >= 0.6 is 0 Å². The molecule has 2 aromatic rings. The molecule has 0 atom stereocenters. The lowest BCUT2D eigenvalue weighted by atomic mass is 9.80. The Bertz CT molecular complexity index is 979. The van der Waals surface area contributed by atoms with Crippen LogP contribution in [-0.4, -0.2) is 31.7 Å². The van der Waals surface area contributed by atoms with Crippen LogP contribution < -0.4 is 10.2 Å². The van der Waals surface area contributed by atoms with Crippen LogP contribution in [0.1, 0.15) is 40.3 Å². The molecule has 0 aliphatic carbocycles. The molecule has 0 unspecified atom stereocenters. The Balaban J connectivity index is 1.96. The molecule has 150 valence electrons. The Morgan fingerprint density at radius 2 is 1.75 bits per heavy atom. The summed E-state index contributed by atoms with van der Waals surface area (Å²) in [6.45, 7) is 9.59. The molecule has 0 spiro atoms. The van der Waals surface area contributed by atoms with Gasteiger partial charge in [-0.2, -0.15) is 0 Å². The molecule has 1 N–H and O–H groups in total. The summed E-state index contributed by atoms with van der Waals surface area (Å²) in [5.41, 5.74) is 0.335. The Labute approximate surface area is 165 Å². The molecule has 0 bridgehead atoms. The number of aromatic nitrogens is 1. The van der Waals surface area contributed by atoms with Gasteiger partial charge >= 0.3 is 7.12 Å². The molecule has 0 saturated carbocycles. The van der Waals surface area contributed by atoms with Crippen molar-refractivity contribution in [2.45, 2.75) is 57.1 Å². The van der Waals surface area contributed by atoms with E-state index in [1.807, 2.05) is 34.6 Å². The molecule has 28 heavy (non-hydrogen) atoms. The predicted molar refractivity (Wildman–Crippen MR) is 107 cm³/mol. The second-order valence-electron chi connectivity index (χ2n) is 7.74. The minimum Gasteiger partial charge on any atom is -0.399 e. The minimum absolute atomic E-state index is 0.276. The van der Waals surface area contributed by atoms with Gasteiger partial charge in [0.25, 0.3) is 10.0 Å². The number of pyridine rings is 1. The van der Waals surface area contributed by atoms with E-state index >= 15 is 0 Å². The van der Waals surface area contributed by atoms with Crippen molar-refractivity contribution < 1.29 is 22.1 Å². The lowest BCUT2D eigenvalue weighted by molar-refractivity contribution is 0.00578. The third kappa shape index (κ3) is 3.79. The number of anilines is 1. The van der Waals surface area contributed by atoms with Crippen LogP contribution in [0.3, 0.4) is 0 Å². The highest BCUT2D eigenvalue weighted by Crippen LogP contribution is 2.36. The van der Waals surface area contributed by atoms with Crippen molar-refractivity contribution in [3.8, 4) is 0 Å². The molecule has 6 nitrogen and oxygen atoms in total. The van der Waals surface area contributed by atoms with Crippen molar-refractivity contribution in [2.24, 2.45) is 0 Å². The van der Waals surface area contributed by atoms with Gasteiger partial charge in [-0.05, 0) is 52.3 Å². The third-order valence-electron chi connectivity index (χ3n) is 5.22. The maximum Gasteiger partial charge on any atom is 0.496 e. The van der Waals surface area contributed by atoms with Gasteiger partial charge in [0.2, 0.25) is 0 Å². The third-order valence-corrected chi connectivity index (χ3v) is 6.62. The van der Waals surface area contributed by atoms with E-state index in [-0.39, 0.29) is 5.69 Å². The number of benzene rings is 1. The van der Waals surface area contributed by atoms with Gasteiger partial charge in [0.15, 0.2) is 0 Å². The Kier molecular flexibility index (Phi) is 5.29. The quantitative estimate of drug-likeness (QED) is 0.773. The lowest BCUT2D eigenvalue weighted by Crippen LogP contribution is -2.41. The van der Waals surface area contributed by atoms with E-state index in [1.165, 1.54) is 18.2 Å². The van der Waals surface area contributed by atoms with Crippen LogP contribution in [0.25, 0.3) is 0 Å². The van der Waals surface area contributed by atoms with Gasteiger partial charge in [0, 0.05) is 11.7 Å². The summed E-state index contributed by atoms with van der Waals surface area (Å²) in [6, 6.07) is 6.86. The molecule has 1 aliphatic rings. The van der Waals surface area contributed by atoms with Gasteiger partial charge in [-0.3, -0.25) is 9.71 Å². The number of nitrogens with zero attached hydrogens (tertiary/aromatic N) is 1. The second kappa shape index (κ2) is 7.13. The van der Waals surface area contributed by atoms with Gasteiger partial charge in [0.1, 0.15) is 10.7 Å². The van der Waals surface area contributed by atoms with Crippen LogP contribution in [0.2, 0.25) is 0 Å². The van der Waals surface area contributed by atoms with Crippen molar-refractivity contribution in [3.05, 3.63) is 48.0 Å². The van der Waals surface area contributed by atoms with Crippen LogP contribution in [0.4, 0.5) is 10.1 Å². The molecule has 9 heteroatoms. The highest BCUT2D eigenvalue weighted by atomic mass is 32.2. The van der Waals surface area contributed by atoms with Crippen molar-refractivity contribution >= 4 is 28.3 Å². The number of hydrogen-bond donors (Lipinski definition) is 1. The van der Waals surface area contributed by atoms with Crippen LogP contribution in [0, 0.1) is 5.82 Å². The molecule has 2 heterocycles. The normalized spacial score (nSPS) is 18.3. The van der Waals surface area contributed by atoms with Crippen molar-refractivity contribution in [2.75, 3.05) is 4.72 Å². The summed E-state index contributed by atoms with van der Waals surface area (Å²) in [5.74, 6) is -0.817. The zero-order valence-electron chi connectivity index (χ0n) is 16.6. The van der Waals surface area contributed by atoms with Crippen molar-refractivity contribution in [1.29, 1.82) is 0 Å². The number of rotatable bonds is 5. The standard InChI is InChI=1S/C19H24BFN2O4S/c1-6-15-16(23-28(24,25)17-10-8-7-9-14(17)21)11-13(12-22-15)20-26-18(2,3)19(4,5)27-20/h7-12,23H,6H2,1-5H3. The molecule has 3 rings (SSSR count). The van der Waals surface area contributed by atoms with E-state index in [4.69, 9.17) is 9.31 Å². The fourth-order valence-electron chi connectivity index (χ4n) is 2.85. The summed E-state index contributed by atoms with van der Waals surface area (Å²) in [6.07, 6.45) is 2.11. The smallest absolute Gasteiger partial charge is 0.399 e. The minimum atomic E-state index is -4.11. The van der Waals surface area contributed by atoms with E-state index in [1.54, 1.807) is 12.3 Å². The van der Waals surface area contributed by atoms with Crippen LogP contribution in [0.15, 0.2) is 41.4 Å². The molecule has 0 radical (unpaired) electrons. The highest BCUT2D eigenvalue weighted by molar-refractivity contribution is 7.92. The van der Waals surface area contributed by atoms with Crippen molar-refractivity contribution in [1.82, 2.24) is 4.98 Å². The summed E-state index contributed by atoms with van der Waals surface area (Å²) >= 11 is 0. The van der Waals surface area contributed by atoms with E-state index in [0.717, 1.165) is 6.07 Å². The first-order valence-electron chi connectivity index (χ1n) is 9.08. The van der Waals surface area contributed by atoms with Gasteiger partial charge in [-0.25, -0.2) is 12.8 Å². The highest BCUT2D eigenvalue weighted by Gasteiger charge is 2.52. The number of nitrogens with one attached hydrogen (secondary N) is 1. The maximum atomic E-state index is 14.0. The number of halogens is 1. The van der Waals surface area contributed by atoms with Gasteiger partial charge in [-0.1, -0.05) is 19.1 Å². The zero-order chi connectivity index (χ0) is 20.7.